The van der Waals surface area contributed by atoms with Crippen molar-refractivity contribution in [3.8, 4) is 5.75 Å². The summed E-state index contributed by atoms with van der Waals surface area (Å²) in [5.41, 5.74) is 7.63. The van der Waals surface area contributed by atoms with Gasteiger partial charge in [0.15, 0.2) is 0 Å². The van der Waals surface area contributed by atoms with Crippen molar-refractivity contribution in [1.82, 2.24) is 4.98 Å². The average Bonchev–Trinajstić information content (AvgIpc) is 2.64. The lowest BCUT2D eigenvalue weighted by Gasteiger charge is -2.28. The number of aromatic nitrogens is 1. The minimum absolute atomic E-state index is 0.220. The molecular formula is C17H28N2O. The molecule has 0 spiro atoms. The molecule has 0 radical (unpaired) electrons. The van der Waals surface area contributed by atoms with Crippen LogP contribution in [0.2, 0.25) is 0 Å². The fraction of sp³-hybridized carbons (Fsp3) is 0.706. The van der Waals surface area contributed by atoms with Gasteiger partial charge >= 0.3 is 0 Å². The summed E-state index contributed by atoms with van der Waals surface area (Å²) in [4.78, 5) is 4.30. The Morgan fingerprint density at radius 3 is 2.90 bits per heavy atom. The van der Waals surface area contributed by atoms with Crippen LogP contribution < -0.4 is 10.5 Å². The van der Waals surface area contributed by atoms with Crippen LogP contribution in [0.1, 0.15) is 64.4 Å². The van der Waals surface area contributed by atoms with E-state index in [9.17, 15) is 0 Å². The van der Waals surface area contributed by atoms with Crippen LogP contribution in [-0.2, 0) is 5.54 Å². The van der Waals surface area contributed by atoms with Crippen molar-refractivity contribution in [2.24, 2.45) is 11.7 Å². The van der Waals surface area contributed by atoms with E-state index < -0.39 is 0 Å². The summed E-state index contributed by atoms with van der Waals surface area (Å²) in [7, 11) is 0. The molecule has 0 aromatic carbocycles. The summed E-state index contributed by atoms with van der Waals surface area (Å²) in [6.07, 6.45) is 12.2. The van der Waals surface area contributed by atoms with Gasteiger partial charge in [-0.25, -0.2) is 0 Å². The first kappa shape index (κ1) is 15.3. The van der Waals surface area contributed by atoms with Gasteiger partial charge in [-0.2, -0.15) is 0 Å². The van der Waals surface area contributed by atoms with Crippen molar-refractivity contribution in [1.29, 1.82) is 0 Å². The summed E-state index contributed by atoms with van der Waals surface area (Å²) in [5.74, 6) is 1.69. The highest BCUT2D eigenvalue weighted by Crippen LogP contribution is 2.37. The number of hydrogen-bond acceptors (Lipinski definition) is 3. The van der Waals surface area contributed by atoms with Crippen LogP contribution in [0.15, 0.2) is 18.5 Å². The molecule has 2 N–H and O–H groups in total. The van der Waals surface area contributed by atoms with Crippen molar-refractivity contribution in [3.05, 3.63) is 24.0 Å². The molecule has 1 heterocycles. The highest BCUT2D eigenvalue weighted by atomic mass is 16.5. The molecule has 2 unspecified atom stereocenters. The Morgan fingerprint density at radius 1 is 1.30 bits per heavy atom. The van der Waals surface area contributed by atoms with Crippen LogP contribution in [0.3, 0.4) is 0 Å². The molecule has 2 atom stereocenters. The standard InChI is InChI=1S/C17H28N2O/c1-3-6-14-7-5-9-17(18,10-8-14)15-11-16(20-4-2)13-19-12-15/h11-14H,3-10,18H2,1-2H3. The van der Waals surface area contributed by atoms with Gasteiger partial charge < -0.3 is 10.5 Å². The minimum atomic E-state index is -0.220. The largest absolute Gasteiger partial charge is 0.492 e. The van der Waals surface area contributed by atoms with Crippen molar-refractivity contribution in [2.75, 3.05) is 6.61 Å². The van der Waals surface area contributed by atoms with E-state index in [1.165, 1.54) is 32.1 Å². The Morgan fingerprint density at radius 2 is 2.15 bits per heavy atom. The third-order valence-electron chi connectivity index (χ3n) is 4.53. The van der Waals surface area contributed by atoms with E-state index in [1.807, 2.05) is 13.1 Å². The van der Waals surface area contributed by atoms with E-state index in [0.717, 1.165) is 30.1 Å². The summed E-state index contributed by atoms with van der Waals surface area (Å²) in [6, 6.07) is 2.08. The zero-order valence-corrected chi connectivity index (χ0v) is 12.9. The summed E-state index contributed by atoms with van der Waals surface area (Å²) in [5, 5.41) is 0. The Bertz CT molecular complexity index is 421. The van der Waals surface area contributed by atoms with E-state index in [1.54, 1.807) is 6.20 Å². The molecule has 0 saturated heterocycles. The van der Waals surface area contributed by atoms with E-state index in [4.69, 9.17) is 10.5 Å². The maximum Gasteiger partial charge on any atom is 0.137 e. The third kappa shape index (κ3) is 3.72. The topological polar surface area (TPSA) is 48.1 Å². The van der Waals surface area contributed by atoms with Gasteiger partial charge in [0.1, 0.15) is 5.75 Å². The number of nitrogens with two attached hydrogens (primary N) is 1. The Kier molecular flexibility index (Phi) is 5.41. The molecule has 0 bridgehead atoms. The van der Waals surface area contributed by atoms with Crippen molar-refractivity contribution in [3.63, 3.8) is 0 Å². The predicted molar refractivity (Wildman–Crippen MR) is 82.8 cm³/mol. The molecule has 20 heavy (non-hydrogen) atoms. The minimum Gasteiger partial charge on any atom is -0.492 e. The number of hydrogen-bond donors (Lipinski definition) is 1. The quantitative estimate of drug-likeness (QED) is 0.826. The van der Waals surface area contributed by atoms with E-state index >= 15 is 0 Å². The maximum atomic E-state index is 6.71. The molecule has 1 aliphatic rings. The van der Waals surface area contributed by atoms with Crippen LogP contribution in [-0.4, -0.2) is 11.6 Å². The van der Waals surface area contributed by atoms with Crippen LogP contribution >= 0.6 is 0 Å². The van der Waals surface area contributed by atoms with E-state index in [-0.39, 0.29) is 5.54 Å². The van der Waals surface area contributed by atoms with Crippen LogP contribution in [0, 0.1) is 5.92 Å². The highest BCUT2D eigenvalue weighted by Gasteiger charge is 2.31. The Hall–Kier alpha value is -1.09. The second kappa shape index (κ2) is 7.07. The Balaban J connectivity index is 2.11. The summed E-state index contributed by atoms with van der Waals surface area (Å²) < 4.78 is 5.56. The molecule has 3 nitrogen and oxygen atoms in total. The SMILES string of the molecule is CCCC1CCCC(N)(c2cncc(OCC)c2)CC1. The van der Waals surface area contributed by atoms with Gasteiger partial charge in [-0.05, 0) is 43.7 Å². The van der Waals surface area contributed by atoms with Gasteiger partial charge in [-0.3, -0.25) is 4.98 Å². The lowest BCUT2D eigenvalue weighted by atomic mass is 9.84. The molecule has 0 aliphatic heterocycles. The second-order valence-electron chi connectivity index (χ2n) is 6.08. The fourth-order valence-corrected chi connectivity index (χ4v) is 3.36. The zero-order chi connectivity index (χ0) is 14.4. The summed E-state index contributed by atoms with van der Waals surface area (Å²) in [6.45, 7) is 4.93. The molecule has 1 fully saturated rings. The first-order valence-corrected chi connectivity index (χ1v) is 8.05. The van der Waals surface area contributed by atoms with Crippen molar-refractivity contribution < 1.29 is 4.74 Å². The fourth-order valence-electron chi connectivity index (χ4n) is 3.36. The van der Waals surface area contributed by atoms with E-state index in [2.05, 4.69) is 18.0 Å². The molecule has 1 aliphatic carbocycles. The second-order valence-corrected chi connectivity index (χ2v) is 6.08. The Labute approximate surface area is 122 Å². The molecule has 1 aromatic heterocycles. The molecular weight excluding hydrogens is 248 g/mol. The van der Waals surface area contributed by atoms with Crippen molar-refractivity contribution in [2.45, 2.75) is 64.3 Å². The number of pyridine rings is 1. The molecule has 2 rings (SSSR count). The van der Waals surface area contributed by atoms with Crippen molar-refractivity contribution >= 4 is 0 Å². The summed E-state index contributed by atoms with van der Waals surface area (Å²) >= 11 is 0. The van der Waals surface area contributed by atoms with Gasteiger partial charge in [0.05, 0.1) is 12.8 Å². The smallest absolute Gasteiger partial charge is 0.137 e. The molecule has 1 saturated carbocycles. The van der Waals surface area contributed by atoms with E-state index in [0.29, 0.717) is 6.61 Å². The lowest BCUT2D eigenvalue weighted by Crippen LogP contribution is -2.36. The number of rotatable bonds is 5. The normalized spacial score (nSPS) is 27.1. The first-order valence-electron chi connectivity index (χ1n) is 8.05. The van der Waals surface area contributed by atoms with Gasteiger partial charge in [0.2, 0.25) is 0 Å². The van der Waals surface area contributed by atoms with Crippen LogP contribution in [0.5, 0.6) is 5.75 Å². The molecule has 3 heteroatoms. The zero-order valence-electron chi connectivity index (χ0n) is 12.9. The maximum absolute atomic E-state index is 6.71. The van der Waals surface area contributed by atoms with Gasteiger partial charge in [0.25, 0.3) is 0 Å². The third-order valence-corrected chi connectivity index (χ3v) is 4.53. The predicted octanol–water partition coefficient (Wildman–Crippen LogP) is 4.01. The van der Waals surface area contributed by atoms with Crippen LogP contribution in [0.25, 0.3) is 0 Å². The number of nitrogens with zero attached hydrogens (tertiary/aromatic N) is 1. The number of ether oxygens (including phenoxy) is 1. The molecule has 112 valence electrons. The molecule has 0 amide bonds. The van der Waals surface area contributed by atoms with Gasteiger partial charge in [0, 0.05) is 11.7 Å². The van der Waals surface area contributed by atoms with Gasteiger partial charge in [-0.15, -0.1) is 0 Å². The molecule has 1 aromatic rings. The van der Waals surface area contributed by atoms with Crippen LogP contribution in [0.4, 0.5) is 0 Å². The monoisotopic (exact) mass is 276 g/mol. The average molecular weight is 276 g/mol. The van der Waals surface area contributed by atoms with Gasteiger partial charge in [-0.1, -0.05) is 32.6 Å². The first-order chi connectivity index (χ1) is 9.68. The lowest BCUT2D eigenvalue weighted by molar-refractivity contribution is 0.332. The highest BCUT2D eigenvalue weighted by molar-refractivity contribution is 5.29.